The summed E-state index contributed by atoms with van der Waals surface area (Å²) in [5.41, 5.74) is 7.17. The third-order valence-electron chi connectivity index (χ3n) is 7.09. The number of hydrogen-bond donors (Lipinski definition) is 5. The van der Waals surface area contributed by atoms with Crippen LogP contribution in [0, 0.1) is 6.92 Å². The van der Waals surface area contributed by atoms with Gasteiger partial charge in [-0.25, -0.2) is 0 Å². The zero-order chi connectivity index (χ0) is 26.1. The van der Waals surface area contributed by atoms with Crippen molar-refractivity contribution in [3.05, 3.63) is 83.2 Å². The van der Waals surface area contributed by atoms with Crippen LogP contribution >= 0.6 is 0 Å². The number of aliphatic imine (C=N–C) groups is 1. The van der Waals surface area contributed by atoms with Crippen LogP contribution in [0.5, 0.6) is 0 Å². The summed E-state index contributed by atoms with van der Waals surface area (Å²) in [6, 6.07) is 12.3. The second-order valence-electron chi connectivity index (χ2n) is 10.4. The van der Waals surface area contributed by atoms with Gasteiger partial charge in [-0.2, -0.15) is 0 Å². The highest BCUT2D eigenvalue weighted by atomic mass is 16.3. The Balaban J connectivity index is 1.45. The summed E-state index contributed by atoms with van der Waals surface area (Å²) in [6.45, 7) is 12.3. The summed E-state index contributed by atoms with van der Waals surface area (Å²) in [5, 5.41) is 29.3. The van der Waals surface area contributed by atoms with Crippen LogP contribution in [-0.2, 0) is 12.0 Å². The van der Waals surface area contributed by atoms with E-state index in [1.165, 1.54) is 5.56 Å². The first-order valence-electron chi connectivity index (χ1n) is 12.5. The molecular formula is C30H38N4O2. The molecular weight excluding hydrogens is 448 g/mol. The lowest BCUT2D eigenvalue weighted by molar-refractivity contribution is 0.0800. The molecule has 0 spiro atoms. The van der Waals surface area contributed by atoms with E-state index in [0.717, 1.165) is 69.8 Å². The van der Waals surface area contributed by atoms with Crippen LogP contribution in [0.3, 0.4) is 0 Å². The summed E-state index contributed by atoms with van der Waals surface area (Å²) in [5.74, 6) is 0. The lowest BCUT2D eigenvalue weighted by Crippen LogP contribution is -2.30. The van der Waals surface area contributed by atoms with Gasteiger partial charge in [-0.15, -0.1) is 0 Å². The summed E-state index contributed by atoms with van der Waals surface area (Å²) >= 11 is 0. The molecule has 1 heterocycles. The van der Waals surface area contributed by atoms with E-state index in [9.17, 15) is 10.2 Å². The van der Waals surface area contributed by atoms with Crippen LogP contribution in [-0.4, -0.2) is 40.1 Å². The Labute approximate surface area is 213 Å². The van der Waals surface area contributed by atoms with E-state index in [4.69, 9.17) is 0 Å². The Morgan fingerprint density at radius 2 is 2.06 bits per heavy atom. The Morgan fingerprint density at radius 3 is 2.72 bits per heavy atom. The molecule has 1 atom stereocenters. The van der Waals surface area contributed by atoms with E-state index in [2.05, 4.69) is 58.4 Å². The molecule has 0 aliphatic heterocycles. The topological polar surface area (TPSA) is 92.7 Å². The lowest BCUT2D eigenvalue weighted by atomic mass is 9.95. The predicted molar refractivity (Wildman–Crippen MR) is 151 cm³/mol. The molecule has 1 saturated carbocycles. The van der Waals surface area contributed by atoms with E-state index in [1.807, 2.05) is 39.1 Å². The number of fused-ring (bicyclic) bond motifs is 1. The molecule has 36 heavy (non-hydrogen) atoms. The second kappa shape index (κ2) is 9.96. The van der Waals surface area contributed by atoms with E-state index >= 15 is 0 Å². The van der Waals surface area contributed by atoms with Gasteiger partial charge in [0.25, 0.3) is 0 Å². The molecule has 2 aromatic carbocycles. The molecule has 4 rings (SSSR count). The quantitative estimate of drug-likeness (QED) is 0.277. The third-order valence-corrected chi connectivity index (χ3v) is 7.09. The van der Waals surface area contributed by atoms with Crippen molar-refractivity contribution < 1.29 is 10.2 Å². The van der Waals surface area contributed by atoms with Crippen LogP contribution in [0.15, 0.2) is 71.5 Å². The maximum absolute atomic E-state index is 10.6. The Morgan fingerprint density at radius 1 is 1.28 bits per heavy atom. The van der Waals surface area contributed by atoms with Crippen molar-refractivity contribution in [2.24, 2.45) is 4.99 Å². The van der Waals surface area contributed by atoms with E-state index in [1.54, 1.807) is 13.1 Å². The standard InChI is InChI=1S/C30H38N4O2/c1-7-25(23-13-15-30(5,36)28(23)31-6)34-21-11-12-26(19(2)17-21)32-16-14-20-18-33-27-22(20)9-8-10-24(27)29(3,4)35/h7-12,17-18,32-36H,1,13-16H2,2-6H3/b25-23+,31-28?. The van der Waals surface area contributed by atoms with Gasteiger partial charge in [0.2, 0.25) is 0 Å². The smallest absolute Gasteiger partial charge is 0.104 e. The number of para-hydroxylation sites is 1. The first-order valence-corrected chi connectivity index (χ1v) is 12.5. The van der Waals surface area contributed by atoms with Crippen molar-refractivity contribution in [1.82, 2.24) is 4.98 Å². The van der Waals surface area contributed by atoms with E-state index in [-0.39, 0.29) is 0 Å². The molecule has 1 unspecified atom stereocenters. The minimum Gasteiger partial charge on any atom is -0.386 e. The fraction of sp³-hybridized carbons (Fsp3) is 0.367. The maximum Gasteiger partial charge on any atom is 0.104 e. The van der Waals surface area contributed by atoms with Crippen molar-refractivity contribution in [3.8, 4) is 0 Å². The van der Waals surface area contributed by atoms with Crippen molar-refractivity contribution >= 4 is 28.0 Å². The van der Waals surface area contributed by atoms with Gasteiger partial charge in [-0.1, -0.05) is 24.8 Å². The van der Waals surface area contributed by atoms with Crippen LogP contribution in [0.4, 0.5) is 11.4 Å². The zero-order valence-electron chi connectivity index (χ0n) is 22.0. The molecule has 1 aromatic heterocycles. The number of rotatable bonds is 8. The summed E-state index contributed by atoms with van der Waals surface area (Å²) in [7, 11) is 1.73. The number of anilines is 2. The molecule has 1 fully saturated rings. The SMILES string of the molecule is C=C/C(Nc1ccc(NCCc2c[nH]c3c(C(C)(C)O)cccc23)c(C)c1)=C1/CCC(C)(O)C1=NC. The van der Waals surface area contributed by atoms with Gasteiger partial charge in [0.15, 0.2) is 0 Å². The largest absolute Gasteiger partial charge is 0.386 e. The third kappa shape index (κ3) is 5.11. The molecule has 6 nitrogen and oxygen atoms in total. The summed E-state index contributed by atoms with van der Waals surface area (Å²) in [6.07, 6.45) is 6.12. The minimum absolute atomic E-state index is 0.658. The zero-order valence-corrected chi connectivity index (χ0v) is 22.0. The molecule has 5 N–H and O–H groups in total. The number of H-pyrrole nitrogens is 1. The average molecular weight is 487 g/mol. The van der Waals surface area contributed by atoms with Crippen molar-refractivity contribution in [3.63, 3.8) is 0 Å². The summed E-state index contributed by atoms with van der Waals surface area (Å²) < 4.78 is 0. The van der Waals surface area contributed by atoms with Gasteiger partial charge >= 0.3 is 0 Å². The van der Waals surface area contributed by atoms with Gasteiger partial charge in [-0.3, -0.25) is 4.99 Å². The van der Waals surface area contributed by atoms with Gasteiger partial charge in [0.1, 0.15) is 5.60 Å². The normalized spacial score (nSPS) is 20.7. The first-order chi connectivity index (χ1) is 17.0. The second-order valence-corrected chi connectivity index (χ2v) is 10.4. The van der Waals surface area contributed by atoms with Crippen LogP contribution in [0.25, 0.3) is 10.9 Å². The number of nitrogens with zero attached hydrogens (tertiary/aromatic N) is 1. The predicted octanol–water partition coefficient (Wildman–Crippen LogP) is 5.83. The lowest BCUT2D eigenvalue weighted by Gasteiger charge is -2.19. The van der Waals surface area contributed by atoms with Gasteiger partial charge in [-0.05, 0) is 87.9 Å². The first kappa shape index (κ1) is 25.7. The number of aromatic nitrogens is 1. The highest BCUT2D eigenvalue weighted by molar-refractivity contribution is 6.09. The fourth-order valence-electron chi connectivity index (χ4n) is 5.17. The molecule has 0 bridgehead atoms. The molecule has 0 radical (unpaired) electrons. The summed E-state index contributed by atoms with van der Waals surface area (Å²) in [4.78, 5) is 7.71. The monoisotopic (exact) mass is 486 g/mol. The minimum atomic E-state index is -0.898. The molecule has 190 valence electrons. The molecule has 0 saturated heterocycles. The van der Waals surface area contributed by atoms with Crippen LogP contribution in [0.2, 0.25) is 0 Å². The highest BCUT2D eigenvalue weighted by Gasteiger charge is 2.37. The number of aliphatic hydroxyl groups is 2. The Bertz CT molecular complexity index is 1340. The molecule has 1 aliphatic carbocycles. The van der Waals surface area contributed by atoms with E-state index in [0.29, 0.717) is 6.42 Å². The fourth-order valence-corrected chi connectivity index (χ4v) is 5.17. The Hall–Kier alpha value is -3.35. The molecule has 1 aliphatic rings. The van der Waals surface area contributed by atoms with Crippen LogP contribution in [0.1, 0.15) is 50.3 Å². The number of aromatic amines is 1. The Kier molecular flexibility index (Phi) is 7.12. The van der Waals surface area contributed by atoms with Crippen LogP contribution < -0.4 is 10.6 Å². The number of allylic oxidation sites excluding steroid dienone is 1. The van der Waals surface area contributed by atoms with Gasteiger partial charge in [0.05, 0.1) is 16.8 Å². The number of nitrogens with one attached hydrogen (secondary N) is 3. The van der Waals surface area contributed by atoms with Crippen molar-refractivity contribution in [2.75, 3.05) is 24.2 Å². The number of aryl methyl sites for hydroxylation is 1. The molecule has 3 aromatic rings. The number of hydrogen-bond acceptors (Lipinski definition) is 5. The number of benzene rings is 2. The highest BCUT2D eigenvalue weighted by Crippen LogP contribution is 2.34. The average Bonchev–Trinajstić information content (AvgIpc) is 3.37. The molecule has 0 amide bonds. The van der Waals surface area contributed by atoms with E-state index < -0.39 is 11.2 Å². The van der Waals surface area contributed by atoms with Gasteiger partial charge < -0.3 is 25.8 Å². The van der Waals surface area contributed by atoms with Gasteiger partial charge in [0, 0.05) is 47.8 Å². The molecule has 6 heteroatoms. The van der Waals surface area contributed by atoms with Crippen molar-refractivity contribution in [1.29, 1.82) is 0 Å². The van der Waals surface area contributed by atoms with Crippen molar-refractivity contribution in [2.45, 2.75) is 58.2 Å². The maximum atomic E-state index is 10.6.